The van der Waals surface area contributed by atoms with Crippen molar-refractivity contribution in [3.8, 4) is 17.0 Å². The lowest BCUT2D eigenvalue weighted by Crippen LogP contribution is -2.53. The number of carbonyl (C=O) groups excluding carboxylic acids is 2. The second-order valence-corrected chi connectivity index (χ2v) is 8.29. The van der Waals surface area contributed by atoms with Gasteiger partial charge < -0.3 is 24.5 Å². The first-order valence-electron chi connectivity index (χ1n) is 10.6. The number of amides is 2. The van der Waals surface area contributed by atoms with Crippen LogP contribution in [-0.2, 0) is 16.9 Å². The Morgan fingerprint density at radius 3 is 2.88 bits per heavy atom. The van der Waals surface area contributed by atoms with E-state index in [-0.39, 0.29) is 18.2 Å². The number of aliphatic hydroxyl groups excluding tert-OH is 1. The number of benzene rings is 1. The highest BCUT2D eigenvalue weighted by atomic mass is 16.5. The first-order valence-corrected chi connectivity index (χ1v) is 10.6. The van der Waals surface area contributed by atoms with E-state index in [4.69, 9.17) is 9.15 Å². The van der Waals surface area contributed by atoms with Crippen LogP contribution in [0, 0.1) is 0 Å². The van der Waals surface area contributed by atoms with E-state index in [1.807, 2.05) is 6.07 Å². The van der Waals surface area contributed by atoms with Crippen molar-refractivity contribution in [3.63, 3.8) is 0 Å². The highest BCUT2D eigenvalue weighted by molar-refractivity contribution is 6.00. The normalized spacial score (nSPS) is 21.8. The summed E-state index contributed by atoms with van der Waals surface area (Å²) in [5.41, 5.74) is 2.34. The monoisotopic (exact) mass is 460 g/mol. The summed E-state index contributed by atoms with van der Waals surface area (Å²) in [6, 6.07) is 10.5. The fourth-order valence-corrected chi connectivity index (χ4v) is 4.53. The SMILES string of the molecule is COc1ccc2c(c1)C(=O)N(CC1(c3cc4nc(-c5cn[nH]c5)ccc4o3)NC(O)NC1=O)C2. The third-order valence-electron chi connectivity index (χ3n) is 6.25. The largest absolute Gasteiger partial charge is 0.497 e. The third kappa shape index (κ3) is 3.05. The van der Waals surface area contributed by atoms with Crippen molar-refractivity contribution < 1.29 is 23.8 Å². The standard InChI is InChI=1S/C23H20N6O5/c1-33-14-3-2-12-10-29(20(30)15(12)6-14)11-23(21(31)27-22(32)28-23)19-7-17-18(34-19)5-4-16(26-17)13-8-24-25-9-13/h2-9,22,28,32H,10-11H2,1H3,(H,24,25)(H,27,31). The molecule has 2 unspecified atom stereocenters. The topological polar surface area (TPSA) is 146 Å². The number of hydrogen-bond donors (Lipinski definition) is 4. The Morgan fingerprint density at radius 1 is 1.26 bits per heavy atom. The van der Waals surface area contributed by atoms with Gasteiger partial charge in [-0.1, -0.05) is 6.07 Å². The summed E-state index contributed by atoms with van der Waals surface area (Å²) in [6.45, 7) is 0.258. The van der Waals surface area contributed by atoms with Crippen LogP contribution in [0.2, 0.25) is 0 Å². The van der Waals surface area contributed by atoms with Gasteiger partial charge >= 0.3 is 0 Å². The fraction of sp³-hybridized carbons (Fsp3) is 0.217. The molecule has 5 heterocycles. The number of aromatic nitrogens is 3. The predicted octanol–water partition coefficient (Wildman–Crippen LogP) is 1.07. The predicted molar refractivity (Wildman–Crippen MR) is 118 cm³/mol. The quantitative estimate of drug-likeness (QED) is 0.346. The molecule has 3 aromatic heterocycles. The lowest BCUT2D eigenvalue weighted by Gasteiger charge is -2.29. The van der Waals surface area contributed by atoms with Crippen LogP contribution in [0.5, 0.6) is 5.75 Å². The first-order chi connectivity index (χ1) is 16.5. The van der Waals surface area contributed by atoms with Crippen LogP contribution < -0.4 is 15.4 Å². The van der Waals surface area contributed by atoms with Gasteiger partial charge in [0.25, 0.3) is 11.8 Å². The van der Waals surface area contributed by atoms with E-state index in [1.54, 1.807) is 47.6 Å². The number of aromatic amines is 1. The summed E-state index contributed by atoms with van der Waals surface area (Å²) in [6.07, 6.45) is 2.09. The molecule has 2 amide bonds. The molecule has 0 aliphatic carbocycles. The molecule has 2 aliphatic rings. The van der Waals surface area contributed by atoms with Crippen molar-refractivity contribution in [2.24, 2.45) is 0 Å². The molecule has 2 atom stereocenters. The molecule has 0 radical (unpaired) electrons. The molecule has 1 fully saturated rings. The number of hydrogen-bond acceptors (Lipinski definition) is 8. The van der Waals surface area contributed by atoms with Gasteiger partial charge in [-0.05, 0) is 29.8 Å². The fourth-order valence-electron chi connectivity index (χ4n) is 4.53. The minimum atomic E-state index is -1.50. The zero-order valence-corrected chi connectivity index (χ0v) is 18.0. The molecular weight excluding hydrogens is 440 g/mol. The number of pyridine rings is 1. The third-order valence-corrected chi connectivity index (χ3v) is 6.25. The summed E-state index contributed by atoms with van der Waals surface area (Å²) in [5.74, 6) is 0.0820. The Morgan fingerprint density at radius 2 is 2.15 bits per heavy atom. The van der Waals surface area contributed by atoms with E-state index in [0.717, 1.165) is 11.1 Å². The lowest BCUT2D eigenvalue weighted by atomic mass is 9.95. The van der Waals surface area contributed by atoms with Gasteiger partial charge in [0.05, 0.1) is 25.5 Å². The summed E-state index contributed by atoms with van der Waals surface area (Å²) >= 11 is 0. The van der Waals surface area contributed by atoms with E-state index >= 15 is 0 Å². The van der Waals surface area contributed by atoms with E-state index in [0.29, 0.717) is 34.7 Å². The summed E-state index contributed by atoms with van der Waals surface area (Å²) in [7, 11) is 1.54. The van der Waals surface area contributed by atoms with Gasteiger partial charge in [0.2, 0.25) is 0 Å². The van der Waals surface area contributed by atoms with Crippen molar-refractivity contribution in [2.75, 3.05) is 13.7 Å². The smallest absolute Gasteiger partial charge is 0.254 e. The minimum Gasteiger partial charge on any atom is -0.497 e. The van der Waals surface area contributed by atoms with Crippen LogP contribution in [-0.4, -0.2) is 57.0 Å². The molecule has 6 rings (SSSR count). The number of nitrogens with zero attached hydrogens (tertiary/aromatic N) is 3. The van der Waals surface area contributed by atoms with Crippen LogP contribution in [0.3, 0.4) is 0 Å². The molecule has 4 N–H and O–H groups in total. The average molecular weight is 460 g/mol. The number of methoxy groups -OCH3 is 1. The minimum absolute atomic E-state index is 0.0554. The second-order valence-electron chi connectivity index (χ2n) is 8.29. The van der Waals surface area contributed by atoms with Gasteiger partial charge in [0.1, 0.15) is 17.0 Å². The Bertz CT molecular complexity index is 1430. The molecule has 1 aromatic carbocycles. The van der Waals surface area contributed by atoms with Crippen LogP contribution in [0.1, 0.15) is 21.7 Å². The molecule has 4 aromatic rings. The number of furan rings is 1. The molecule has 172 valence electrons. The van der Waals surface area contributed by atoms with E-state index in [2.05, 4.69) is 25.8 Å². The molecule has 11 heteroatoms. The number of nitrogens with one attached hydrogen (secondary N) is 3. The van der Waals surface area contributed by atoms with Crippen molar-refractivity contribution in [1.82, 2.24) is 30.7 Å². The molecule has 0 spiro atoms. The Balaban J connectivity index is 1.38. The summed E-state index contributed by atoms with van der Waals surface area (Å²) < 4.78 is 11.3. The zero-order chi connectivity index (χ0) is 23.4. The number of fused-ring (bicyclic) bond motifs is 2. The van der Waals surface area contributed by atoms with Crippen LogP contribution in [0.4, 0.5) is 0 Å². The van der Waals surface area contributed by atoms with Gasteiger partial charge in [-0.3, -0.25) is 20.0 Å². The van der Waals surface area contributed by atoms with Crippen molar-refractivity contribution in [1.29, 1.82) is 0 Å². The van der Waals surface area contributed by atoms with E-state index in [9.17, 15) is 14.7 Å². The highest BCUT2D eigenvalue weighted by Gasteiger charge is 2.52. The lowest BCUT2D eigenvalue weighted by molar-refractivity contribution is -0.125. The van der Waals surface area contributed by atoms with Crippen LogP contribution in [0.25, 0.3) is 22.4 Å². The molecule has 34 heavy (non-hydrogen) atoms. The highest BCUT2D eigenvalue weighted by Crippen LogP contribution is 2.35. The van der Waals surface area contributed by atoms with Gasteiger partial charge in [-0.15, -0.1) is 0 Å². The number of rotatable bonds is 5. The van der Waals surface area contributed by atoms with Crippen LogP contribution in [0.15, 0.2) is 53.2 Å². The van der Waals surface area contributed by atoms with Gasteiger partial charge in [-0.2, -0.15) is 5.10 Å². The maximum absolute atomic E-state index is 13.2. The van der Waals surface area contributed by atoms with Crippen molar-refractivity contribution >= 4 is 22.9 Å². The Kier molecular flexibility index (Phi) is 4.44. The van der Waals surface area contributed by atoms with E-state index < -0.39 is 17.8 Å². The number of aliphatic hydroxyl groups is 1. The molecule has 11 nitrogen and oxygen atoms in total. The molecule has 1 saturated heterocycles. The van der Waals surface area contributed by atoms with Crippen molar-refractivity contribution in [3.05, 3.63) is 65.7 Å². The van der Waals surface area contributed by atoms with Crippen LogP contribution >= 0.6 is 0 Å². The zero-order valence-electron chi connectivity index (χ0n) is 18.0. The number of H-pyrrole nitrogens is 1. The number of ether oxygens (including phenoxy) is 1. The van der Waals surface area contributed by atoms with E-state index in [1.165, 1.54) is 7.11 Å². The summed E-state index contributed by atoms with van der Waals surface area (Å²) in [4.78, 5) is 32.4. The molecular formula is C23H20N6O5. The molecule has 0 bridgehead atoms. The number of carbonyl (C=O) groups is 2. The average Bonchev–Trinajstić information content (AvgIpc) is 3.61. The second kappa shape index (κ2) is 7.40. The maximum Gasteiger partial charge on any atom is 0.254 e. The van der Waals surface area contributed by atoms with Gasteiger partial charge in [0, 0.05) is 29.9 Å². The summed E-state index contributed by atoms with van der Waals surface area (Å²) in [5, 5.41) is 22.2. The van der Waals surface area contributed by atoms with Crippen molar-refractivity contribution in [2.45, 2.75) is 18.4 Å². The molecule has 0 saturated carbocycles. The van der Waals surface area contributed by atoms with Gasteiger partial charge in [0.15, 0.2) is 17.5 Å². The Labute approximate surface area is 192 Å². The first kappa shape index (κ1) is 20.4. The maximum atomic E-state index is 13.2. The molecule has 2 aliphatic heterocycles. The Hall–Kier alpha value is -4.22. The van der Waals surface area contributed by atoms with Gasteiger partial charge in [-0.25, -0.2) is 4.98 Å².